The van der Waals surface area contributed by atoms with Crippen molar-refractivity contribution in [3.05, 3.63) is 103 Å². The molecule has 4 rings (SSSR count). The van der Waals surface area contributed by atoms with E-state index in [1.807, 2.05) is 48.5 Å². The minimum Gasteiger partial charge on any atom is -0.489 e. The lowest BCUT2D eigenvalue weighted by molar-refractivity contribution is -0.123. The van der Waals surface area contributed by atoms with Crippen molar-refractivity contribution in [3.63, 3.8) is 0 Å². The second-order valence-corrected chi connectivity index (χ2v) is 9.20. The molecule has 3 aromatic carbocycles. The summed E-state index contributed by atoms with van der Waals surface area (Å²) in [5.74, 6) is 0.263. The van der Waals surface area contributed by atoms with E-state index in [1.165, 1.54) is 0 Å². The van der Waals surface area contributed by atoms with Gasteiger partial charge in [-0.3, -0.25) is 14.5 Å². The van der Waals surface area contributed by atoms with Gasteiger partial charge in [0.05, 0.1) is 11.4 Å². The van der Waals surface area contributed by atoms with Gasteiger partial charge in [0, 0.05) is 20.6 Å². The molecule has 0 bridgehead atoms. The van der Waals surface area contributed by atoms with Crippen LogP contribution in [0.2, 0.25) is 15.1 Å². The third-order valence-electron chi connectivity index (χ3n) is 4.73. The van der Waals surface area contributed by atoms with Crippen molar-refractivity contribution in [2.75, 3.05) is 0 Å². The molecule has 0 spiro atoms. The van der Waals surface area contributed by atoms with E-state index in [0.717, 1.165) is 27.8 Å². The third-order valence-corrected chi connectivity index (χ3v) is 6.59. The van der Waals surface area contributed by atoms with Gasteiger partial charge in [0.2, 0.25) is 0 Å². The molecule has 0 radical (unpaired) electrons. The summed E-state index contributed by atoms with van der Waals surface area (Å²) in [6.45, 7) is 0.403. The van der Waals surface area contributed by atoms with E-state index < -0.39 is 0 Å². The highest BCUT2D eigenvalue weighted by molar-refractivity contribution is 8.18. The maximum atomic E-state index is 12.9. The third kappa shape index (κ3) is 5.30. The average Bonchev–Trinajstić information content (AvgIpc) is 3.03. The van der Waals surface area contributed by atoms with Crippen LogP contribution in [0.1, 0.15) is 16.7 Å². The van der Waals surface area contributed by atoms with Crippen molar-refractivity contribution < 1.29 is 14.3 Å². The topological polar surface area (TPSA) is 46.6 Å². The van der Waals surface area contributed by atoms with Gasteiger partial charge in [-0.15, -0.1) is 0 Å². The number of hydrogen-bond donors (Lipinski definition) is 0. The van der Waals surface area contributed by atoms with Crippen molar-refractivity contribution in [3.8, 4) is 5.75 Å². The number of benzene rings is 3. The molecule has 0 N–H and O–H groups in total. The highest BCUT2D eigenvalue weighted by Crippen LogP contribution is 2.36. The van der Waals surface area contributed by atoms with Gasteiger partial charge in [-0.1, -0.05) is 65.1 Å². The molecule has 1 aliphatic heterocycles. The maximum absolute atomic E-state index is 12.9. The standard InChI is InChI=1S/C24H16Cl3NO3S/c25-17-9-7-15(8-10-17)14-31-18-4-1-3-16(11-18)12-22-23(29)28(24(30)32-22)13-19-20(26)5-2-6-21(19)27/h1-12H,13-14H2/b22-12+. The first kappa shape index (κ1) is 22.7. The summed E-state index contributed by atoms with van der Waals surface area (Å²) in [6, 6.07) is 19.8. The number of rotatable bonds is 6. The van der Waals surface area contributed by atoms with Crippen LogP contribution < -0.4 is 4.74 Å². The molecule has 2 amide bonds. The van der Waals surface area contributed by atoms with Crippen LogP contribution in [0.25, 0.3) is 6.08 Å². The molecule has 0 aromatic heterocycles. The molecule has 0 unspecified atom stereocenters. The summed E-state index contributed by atoms with van der Waals surface area (Å²) in [7, 11) is 0. The fraction of sp³-hybridized carbons (Fsp3) is 0.0833. The molecular formula is C24H16Cl3NO3S. The maximum Gasteiger partial charge on any atom is 0.293 e. The lowest BCUT2D eigenvalue weighted by atomic mass is 10.2. The first-order valence-electron chi connectivity index (χ1n) is 9.56. The molecule has 3 aromatic rings. The summed E-state index contributed by atoms with van der Waals surface area (Å²) in [5, 5.41) is 1.12. The van der Waals surface area contributed by atoms with Crippen molar-refractivity contribution in [1.29, 1.82) is 0 Å². The molecule has 1 fully saturated rings. The Morgan fingerprint density at radius 2 is 1.59 bits per heavy atom. The Morgan fingerprint density at radius 1 is 0.906 bits per heavy atom. The molecule has 32 heavy (non-hydrogen) atoms. The molecule has 1 aliphatic rings. The number of imide groups is 1. The van der Waals surface area contributed by atoms with Gasteiger partial charge in [-0.05, 0) is 65.4 Å². The molecule has 162 valence electrons. The number of hydrogen-bond acceptors (Lipinski definition) is 4. The Balaban J connectivity index is 1.48. The smallest absolute Gasteiger partial charge is 0.293 e. The van der Waals surface area contributed by atoms with Crippen LogP contribution in [0, 0.1) is 0 Å². The van der Waals surface area contributed by atoms with Gasteiger partial charge in [0.15, 0.2) is 0 Å². The Labute approximate surface area is 204 Å². The number of carbonyl (C=O) groups is 2. The minimum absolute atomic E-state index is 0.0186. The number of amides is 2. The second kappa shape index (κ2) is 10.0. The predicted molar refractivity (Wildman–Crippen MR) is 130 cm³/mol. The molecule has 4 nitrogen and oxygen atoms in total. The number of thioether (sulfide) groups is 1. The fourth-order valence-electron chi connectivity index (χ4n) is 3.07. The number of nitrogens with zero attached hydrogens (tertiary/aromatic N) is 1. The summed E-state index contributed by atoms with van der Waals surface area (Å²) < 4.78 is 5.84. The molecule has 0 atom stereocenters. The molecule has 0 saturated carbocycles. The highest BCUT2D eigenvalue weighted by atomic mass is 35.5. The van der Waals surface area contributed by atoms with Crippen molar-refractivity contribution in [2.24, 2.45) is 0 Å². The molecular weight excluding hydrogens is 489 g/mol. The Kier molecular flexibility index (Phi) is 7.11. The zero-order valence-electron chi connectivity index (χ0n) is 16.6. The van der Waals surface area contributed by atoms with Gasteiger partial charge < -0.3 is 4.74 Å². The Bertz CT molecular complexity index is 1190. The van der Waals surface area contributed by atoms with Crippen molar-refractivity contribution in [1.82, 2.24) is 4.90 Å². The second-order valence-electron chi connectivity index (χ2n) is 6.96. The zero-order valence-corrected chi connectivity index (χ0v) is 19.6. The fourth-order valence-corrected chi connectivity index (χ4v) is 4.55. The van der Waals surface area contributed by atoms with Crippen LogP contribution in [0.4, 0.5) is 4.79 Å². The number of halogens is 3. The number of carbonyl (C=O) groups excluding carboxylic acids is 2. The monoisotopic (exact) mass is 503 g/mol. The first-order valence-corrected chi connectivity index (χ1v) is 11.5. The normalized spacial score (nSPS) is 15.0. The summed E-state index contributed by atoms with van der Waals surface area (Å²) in [6.07, 6.45) is 1.67. The van der Waals surface area contributed by atoms with E-state index >= 15 is 0 Å². The van der Waals surface area contributed by atoms with Crippen LogP contribution >= 0.6 is 46.6 Å². The number of ether oxygens (including phenoxy) is 1. The van der Waals surface area contributed by atoms with E-state index in [1.54, 1.807) is 24.3 Å². The van der Waals surface area contributed by atoms with Crippen molar-refractivity contribution >= 4 is 63.8 Å². The van der Waals surface area contributed by atoms with Crippen LogP contribution in [0.5, 0.6) is 5.75 Å². The largest absolute Gasteiger partial charge is 0.489 e. The predicted octanol–water partition coefficient (Wildman–Crippen LogP) is 7.46. The first-order chi connectivity index (χ1) is 15.4. The summed E-state index contributed by atoms with van der Waals surface area (Å²) in [5.41, 5.74) is 2.27. The molecule has 0 aliphatic carbocycles. The lowest BCUT2D eigenvalue weighted by Gasteiger charge is -2.14. The Hall–Kier alpha value is -2.44. The van der Waals surface area contributed by atoms with E-state index in [4.69, 9.17) is 39.5 Å². The van der Waals surface area contributed by atoms with Gasteiger partial charge in [0.25, 0.3) is 11.1 Å². The zero-order chi connectivity index (χ0) is 22.7. The molecule has 1 saturated heterocycles. The van der Waals surface area contributed by atoms with Gasteiger partial charge in [-0.25, -0.2) is 0 Å². The highest BCUT2D eigenvalue weighted by Gasteiger charge is 2.35. The summed E-state index contributed by atoms with van der Waals surface area (Å²) in [4.78, 5) is 26.8. The van der Waals surface area contributed by atoms with Crippen LogP contribution in [0.15, 0.2) is 71.6 Å². The van der Waals surface area contributed by atoms with E-state index in [0.29, 0.717) is 37.9 Å². The van der Waals surface area contributed by atoms with Gasteiger partial charge >= 0.3 is 0 Å². The van der Waals surface area contributed by atoms with E-state index in [-0.39, 0.29) is 17.7 Å². The van der Waals surface area contributed by atoms with Gasteiger partial charge in [0.1, 0.15) is 12.4 Å². The van der Waals surface area contributed by atoms with E-state index in [2.05, 4.69) is 0 Å². The minimum atomic E-state index is -0.386. The van der Waals surface area contributed by atoms with E-state index in [9.17, 15) is 9.59 Å². The molecule has 8 heteroatoms. The van der Waals surface area contributed by atoms with Crippen LogP contribution in [-0.2, 0) is 17.9 Å². The van der Waals surface area contributed by atoms with Gasteiger partial charge in [-0.2, -0.15) is 0 Å². The van der Waals surface area contributed by atoms with Crippen LogP contribution in [0.3, 0.4) is 0 Å². The quantitative estimate of drug-likeness (QED) is 0.327. The lowest BCUT2D eigenvalue weighted by Crippen LogP contribution is -2.27. The van der Waals surface area contributed by atoms with Crippen molar-refractivity contribution in [2.45, 2.75) is 13.2 Å². The summed E-state index contributed by atoms with van der Waals surface area (Å²) >= 11 is 19.2. The SMILES string of the molecule is O=C1S/C(=C/c2cccc(OCc3ccc(Cl)cc3)c2)C(=O)N1Cc1c(Cl)cccc1Cl. The van der Waals surface area contributed by atoms with Crippen LogP contribution in [-0.4, -0.2) is 16.0 Å². The Morgan fingerprint density at radius 3 is 2.31 bits per heavy atom. The molecule has 1 heterocycles. The average molecular weight is 505 g/mol.